The van der Waals surface area contributed by atoms with Crippen molar-refractivity contribution >= 4 is 17.2 Å². The molecule has 2 rings (SSSR count). The molecule has 5 heteroatoms. The number of aryl methyl sites for hydroxylation is 2. The van der Waals surface area contributed by atoms with Gasteiger partial charge in [-0.1, -0.05) is 6.07 Å². The lowest BCUT2D eigenvalue weighted by Crippen LogP contribution is -2.25. The number of amides is 1. The second-order valence-electron chi connectivity index (χ2n) is 4.26. The van der Waals surface area contributed by atoms with Gasteiger partial charge in [-0.05, 0) is 37.3 Å². The first-order valence-corrected chi connectivity index (χ1v) is 6.78. The minimum absolute atomic E-state index is 0.00389. The summed E-state index contributed by atoms with van der Waals surface area (Å²) in [6, 6.07) is 3.72. The molecule has 1 amide bonds. The van der Waals surface area contributed by atoms with Gasteiger partial charge in [0.05, 0.1) is 10.6 Å². The molecule has 2 aromatic rings. The third kappa shape index (κ3) is 2.61. The van der Waals surface area contributed by atoms with Crippen molar-refractivity contribution in [1.82, 2.24) is 15.1 Å². The first kappa shape index (κ1) is 12.8. The van der Waals surface area contributed by atoms with E-state index < -0.39 is 0 Å². The van der Waals surface area contributed by atoms with E-state index in [1.807, 2.05) is 36.2 Å². The van der Waals surface area contributed by atoms with Crippen LogP contribution >= 0.6 is 11.3 Å². The van der Waals surface area contributed by atoms with Crippen molar-refractivity contribution < 1.29 is 4.79 Å². The van der Waals surface area contributed by atoms with Crippen molar-refractivity contribution in [3.8, 4) is 0 Å². The summed E-state index contributed by atoms with van der Waals surface area (Å²) in [7, 11) is 1.94. The van der Waals surface area contributed by atoms with Gasteiger partial charge in [0, 0.05) is 19.3 Å². The first-order chi connectivity index (χ1) is 8.59. The van der Waals surface area contributed by atoms with E-state index >= 15 is 0 Å². The molecule has 4 nitrogen and oxygen atoms in total. The van der Waals surface area contributed by atoms with Crippen LogP contribution in [0.5, 0.6) is 0 Å². The van der Waals surface area contributed by atoms with Crippen LogP contribution in [0.15, 0.2) is 17.5 Å². The molecule has 0 radical (unpaired) electrons. The Labute approximate surface area is 111 Å². The zero-order valence-corrected chi connectivity index (χ0v) is 11.7. The SMILES string of the molecule is Cc1nn(C)c(C)c1CCNC(=O)c1cccs1. The van der Waals surface area contributed by atoms with E-state index in [2.05, 4.69) is 17.3 Å². The number of carbonyl (C=O) groups excluding carboxylic acids is 1. The Balaban J connectivity index is 1.91. The van der Waals surface area contributed by atoms with Crippen molar-refractivity contribution in [1.29, 1.82) is 0 Å². The Hall–Kier alpha value is -1.62. The van der Waals surface area contributed by atoms with Crippen LogP contribution in [-0.2, 0) is 13.5 Å². The molecular formula is C13H17N3OS. The summed E-state index contributed by atoms with van der Waals surface area (Å²) in [4.78, 5) is 12.5. The number of nitrogens with one attached hydrogen (secondary N) is 1. The monoisotopic (exact) mass is 263 g/mol. The molecule has 2 aromatic heterocycles. The summed E-state index contributed by atoms with van der Waals surface area (Å²) in [5.74, 6) is 0.00389. The maximum atomic E-state index is 11.7. The van der Waals surface area contributed by atoms with E-state index in [0.717, 1.165) is 22.7 Å². The Morgan fingerprint density at radius 3 is 2.83 bits per heavy atom. The van der Waals surface area contributed by atoms with Gasteiger partial charge in [0.1, 0.15) is 0 Å². The average molecular weight is 263 g/mol. The van der Waals surface area contributed by atoms with E-state index in [9.17, 15) is 4.79 Å². The maximum Gasteiger partial charge on any atom is 0.261 e. The zero-order chi connectivity index (χ0) is 13.1. The third-order valence-corrected chi connectivity index (χ3v) is 3.93. The van der Waals surface area contributed by atoms with Crippen LogP contribution in [0.1, 0.15) is 26.6 Å². The molecule has 0 bridgehead atoms. The average Bonchev–Trinajstić information content (AvgIpc) is 2.93. The molecule has 0 saturated heterocycles. The maximum absolute atomic E-state index is 11.7. The summed E-state index contributed by atoms with van der Waals surface area (Å²) in [5.41, 5.74) is 3.43. The summed E-state index contributed by atoms with van der Waals surface area (Å²) in [6.07, 6.45) is 0.822. The Bertz CT molecular complexity index is 543. The van der Waals surface area contributed by atoms with Crippen LogP contribution < -0.4 is 5.32 Å². The van der Waals surface area contributed by atoms with Gasteiger partial charge in [-0.15, -0.1) is 11.3 Å². The topological polar surface area (TPSA) is 46.9 Å². The van der Waals surface area contributed by atoms with Crippen LogP contribution in [0.3, 0.4) is 0 Å². The predicted molar refractivity (Wildman–Crippen MR) is 73.0 cm³/mol. The van der Waals surface area contributed by atoms with E-state index in [4.69, 9.17) is 0 Å². The normalized spacial score (nSPS) is 10.6. The van der Waals surface area contributed by atoms with Gasteiger partial charge in [-0.25, -0.2) is 0 Å². The zero-order valence-electron chi connectivity index (χ0n) is 10.9. The number of hydrogen-bond donors (Lipinski definition) is 1. The second kappa shape index (κ2) is 5.35. The van der Waals surface area contributed by atoms with Gasteiger partial charge in [0.15, 0.2) is 0 Å². The number of carbonyl (C=O) groups is 1. The predicted octanol–water partition coefficient (Wildman–Crippen LogP) is 2.07. The minimum atomic E-state index is 0.00389. The number of hydrogen-bond acceptors (Lipinski definition) is 3. The van der Waals surface area contributed by atoms with Crippen molar-refractivity contribution in [3.63, 3.8) is 0 Å². The largest absolute Gasteiger partial charge is 0.351 e. The molecule has 1 N–H and O–H groups in total. The number of aromatic nitrogens is 2. The number of thiophene rings is 1. The lowest BCUT2D eigenvalue weighted by molar-refractivity contribution is 0.0958. The van der Waals surface area contributed by atoms with Gasteiger partial charge in [0.25, 0.3) is 5.91 Å². The molecule has 0 fully saturated rings. The highest BCUT2D eigenvalue weighted by atomic mass is 32.1. The Morgan fingerprint density at radius 1 is 1.50 bits per heavy atom. The van der Waals surface area contributed by atoms with E-state index in [-0.39, 0.29) is 5.91 Å². The molecule has 0 atom stereocenters. The Kier molecular flexibility index (Phi) is 3.81. The molecule has 0 aliphatic rings. The fraction of sp³-hybridized carbons (Fsp3) is 0.385. The molecule has 0 spiro atoms. The molecule has 2 heterocycles. The molecule has 0 saturated carbocycles. The summed E-state index contributed by atoms with van der Waals surface area (Å²) in [5, 5.41) is 9.20. The quantitative estimate of drug-likeness (QED) is 0.918. The Morgan fingerprint density at radius 2 is 2.28 bits per heavy atom. The van der Waals surface area contributed by atoms with Crippen LogP contribution in [0, 0.1) is 13.8 Å². The highest BCUT2D eigenvalue weighted by Gasteiger charge is 2.10. The minimum Gasteiger partial charge on any atom is -0.351 e. The standard InChI is InChI=1S/C13H17N3OS/c1-9-11(10(2)16(3)15-9)6-7-14-13(17)12-5-4-8-18-12/h4-5,8H,6-7H2,1-3H3,(H,14,17). The molecule has 18 heavy (non-hydrogen) atoms. The van der Waals surface area contributed by atoms with Gasteiger partial charge in [-0.3, -0.25) is 9.48 Å². The van der Waals surface area contributed by atoms with Gasteiger partial charge < -0.3 is 5.32 Å². The molecule has 0 aliphatic heterocycles. The highest BCUT2D eigenvalue weighted by Crippen LogP contribution is 2.12. The van der Waals surface area contributed by atoms with Crippen LogP contribution in [0.2, 0.25) is 0 Å². The third-order valence-electron chi connectivity index (χ3n) is 3.06. The van der Waals surface area contributed by atoms with Crippen molar-refractivity contribution in [2.75, 3.05) is 6.54 Å². The number of nitrogens with zero attached hydrogens (tertiary/aromatic N) is 2. The summed E-state index contributed by atoms with van der Waals surface area (Å²) < 4.78 is 1.88. The second-order valence-corrected chi connectivity index (χ2v) is 5.20. The van der Waals surface area contributed by atoms with Gasteiger partial charge in [-0.2, -0.15) is 5.10 Å². The first-order valence-electron chi connectivity index (χ1n) is 5.90. The molecular weight excluding hydrogens is 246 g/mol. The van der Waals surface area contributed by atoms with E-state index in [1.165, 1.54) is 16.9 Å². The number of rotatable bonds is 4. The van der Waals surface area contributed by atoms with Crippen LogP contribution in [-0.4, -0.2) is 22.2 Å². The van der Waals surface area contributed by atoms with Crippen LogP contribution in [0.25, 0.3) is 0 Å². The fourth-order valence-electron chi connectivity index (χ4n) is 1.98. The molecule has 96 valence electrons. The lowest BCUT2D eigenvalue weighted by atomic mass is 10.1. The molecule has 0 aromatic carbocycles. The molecule has 0 aliphatic carbocycles. The lowest BCUT2D eigenvalue weighted by Gasteiger charge is -2.04. The summed E-state index contributed by atoms with van der Waals surface area (Å²) >= 11 is 1.46. The highest BCUT2D eigenvalue weighted by molar-refractivity contribution is 7.12. The smallest absolute Gasteiger partial charge is 0.261 e. The van der Waals surface area contributed by atoms with Crippen molar-refractivity contribution in [2.24, 2.45) is 7.05 Å². The van der Waals surface area contributed by atoms with E-state index in [1.54, 1.807) is 0 Å². The van der Waals surface area contributed by atoms with E-state index in [0.29, 0.717) is 6.54 Å². The van der Waals surface area contributed by atoms with Crippen LogP contribution in [0.4, 0.5) is 0 Å². The van der Waals surface area contributed by atoms with Gasteiger partial charge in [0.2, 0.25) is 0 Å². The molecule has 0 unspecified atom stereocenters. The fourth-order valence-corrected chi connectivity index (χ4v) is 2.62. The van der Waals surface area contributed by atoms with Crippen molar-refractivity contribution in [2.45, 2.75) is 20.3 Å². The van der Waals surface area contributed by atoms with Gasteiger partial charge >= 0.3 is 0 Å². The summed E-state index contributed by atoms with van der Waals surface area (Å²) in [6.45, 7) is 4.70. The van der Waals surface area contributed by atoms with Crippen molar-refractivity contribution in [3.05, 3.63) is 39.3 Å².